The molecule has 0 unspecified atom stereocenters. The van der Waals surface area contributed by atoms with Crippen LogP contribution in [0, 0.1) is 0 Å². The van der Waals surface area contributed by atoms with E-state index in [0.29, 0.717) is 6.54 Å². The minimum atomic E-state index is 0.152. The first-order valence-corrected chi connectivity index (χ1v) is 5.24. The van der Waals surface area contributed by atoms with E-state index in [9.17, 15) is 0 Å². The lowest BCUT2D eigenvalue weighted by Gasteiger charge is -2.06. The molecule has 0 aliphatic heterocycles. The van der Waals surface area contributed by atoms with Crippen molar-refractivity contribution in [2.24, 2.45) is 0 Å². The third-order valence-electron chi connectivity index (χ3n) is 2.75. The van der Waals surface area contributed by atoms with E-state index in [1.807, 2.05) is 16.8 Å². The summed E-state index contributed by atoms with van der Waals surface area (Å²) in [4.78, 5) is 0. The zero-order valence-corrected chi connectivity index (χ0v) is 8.90. The highest BCUT2D eigenvalue weighted by molar-refractivity contribution is 5.84. The van der Waals surface area contributed by atoms with Crippen molar-refractivity contribution in [2.45, 2.75) is 19.9 Å². The third-order valence-corrected chi connectivity index (χ3v) is 2.75. The van der Waals surface area contributed by atoms with Crippen molar-refractivity contribution in [1.29, 1.82) is 0 Å². The van der Waals surface area contributed by atoms with Gasteiger partial charge < -0.3 is 15.4 Å². The first-order chi connectivity index (χ1) is 7.26. The van der Waals surface area contributed by atoms with E-state index in [2.05, 4.69) is 19.1 Å². The van der Waals surface area contributed by atoms with Crippen LogP contribution >= 0.6 is 0 Å². The van der Waals surface area contributed by atoms with Crippen molar-refractivity contribution >= 4 is 16.6 Å². The third kappa shape index (κ3) is 1.70. The van der Waals surface area contributed by atoms with Gasteiger partial charge in [0.05, 0.1) is 12.1 Å². The van der Waals surface area contributed by atoms with Gasteiger partial charge in [-0.05, 0) is 35.6 Å². The molecule has 0 saturated heterocycles. The van der Waals surface area contributed by atoms with E-state index in [0.717, 1.165) is 17.6 Å². The van der Waals surface area contributed by atoms with Crippen molar-refractivity contribution in [3.8, 4) is 0 Å². The van der Waals surface area contributed by atoms with E-state index < -0.39 is 0 Å². The van der Waals surface area contributed by atoms with Gasteiger partial charge in [-0.15, -0.1) is 0 Å². The zero-order chi connectivity index (χ0) is 10.8. The van der Waals surface area contributed by atoms with E-state index in [1.54, 1.807) is 0 Å². The van der Waals surface area contributed by atoms with Gasteiger partial charge in [-0.25, -0.2) is 0 Å². The number of anilines is 1. The summed E-state index contributed by atoms with van der Waals surface area (Å²) in [6.07, 6.45) is 2.94. The van der Waals surface area contributed by atoms with Gasteiger partial charge in [0, 0.05) is 18.4 Å². The average Bonchev–Trinajstić information content (AvgIpc) is 2.61. The number of hydrogen-bond donors (Lipinski definition) is 2. The molecule has 0 spiro atoms. The Hall–Kier alpha value is -1.48. The van der Waals surface area contributed by atoms with Gasteiger partial charge in [-0.1, -0.05) is 6.92 Å². The molecule has 15 heavy (non-hydrogen) atoms. The second-order valence-corrected chi connectivity index (χ2v) is 3.70. The van der Waals surface area contributed by atoms with Crippen LogP contribution in [0.4, 0.5) is 5.69 Å². The van der Waals surface area contributed by atoms with Gasteiger partial charge >= 0.3 is 0 Å². The van der Waals surface area contributed by atoms with Crippen LogP contribution in [0.5, 0.6) is 0 Å². The van der Waals surface area contributed by atoms with Gasteiger partial charge in [-0.3, -0.25) is 0 Å². The van der Waals surface area contributed by atoms with Crippen molar-refractivity contribution in [3.05, 3.63) is 30.0 Å². The number of aryl methyl sites for hydroxylation is 1. The quantitative estimate of drug-likeness (QED) is 0.749. The zero-order valence-electron chi connectivity index (χ0n) is 8.90. The monoisotopic (exact) mass is 204 g/mol. The molecule has 80 valence electrons. The van der Waals surface area contributed by atoms with E-state index >= 15 is 0 Å². The van der Waals surface area contributed by atoms with Crippen LogP contribution in [-0.4, -0.2) is 16.3 Å². The fraction of sp³-hybridized carbons (Fsp3) is 0.333. The molecule has 3 nitrogen and oxygen atoms in total. The summed E-state index contributed by atoms with van der Waals surface area (Å²) in [6, 6.07) is 6.17. The van der Waals surface area contributed by atoms with Gasteiger partial charge in [0.2, 0.25) is 0 Å². The standard InChI is InChI=1S/C12H16N2O/c1-2-9-7-10-3-4-14(5-6-15)12(10)8-11(9)13/h3-4,7-8,15H,2,5-6,13H2,1H3. The average molecular weight is 204 g/mol. The Balaban J connectivity index is 2.57. The Morgan fingerprint density at radius 2 is 2.20 bits per heavy atom. The van der Waals surface area contributed by atoms with Crippen LogP contribution < -0.4 is 5.73 Å². The number of nitrogens with two attached hydrogens (primary N) is 1. The van der Waals surface area contributed by atoms with Gasteiger partial charge in [0.25, 0.3) is 0 Å². The molecule has 0 fully saturated rings. The Labute approximate surface area is 89.1 Å². The lowest BCUT2D eigenvalue weighted by atomic mass is 10.1. The highest BCUT2D eigenvalue weighted by Crippen LogP contribution is 2.23. The van der Waals surface area contributed by atoms with E-state index in [-0.39, 0.29) is 6.61 Å². The molecule has 1 aromatic heterocycles. The normalized spacial score (nSPS) is 11.1. The topological polar surface area (TPSA) is 51.2 Å². The Bertz CT molecular complexity index is 474. The molecule has 3 N–H and O–H groups in total. The number of aliphatic hydroxyl groups excluding tert-OH is 1. The molecule has 0 radical (unpaired) electrons. The number of aromatic nitrogens is 1. The predicted octanol–water partition coefficient (Wildman–Crippen LogP) is 1.78. The summed E-state index contributed by atoms with van der Waals surface area (Å²) in [6.45, 7) is 2.87. The maximum atomic E-state index is 8.92. The maximum absolute atomic E-state index is 8.92. The van der Waals surface area contributed by atoms with Crippen molar-refractivity contribution in [2.75, 3.05) is 12.3 Å². The van der Waals surface area contributed by atoms with Crippen LogP contribution in [0.2, 0.25) is 0 Å². The summed E-state index contributed by atoms with van der Waals surface area (Å²) in [5, 5.41) is 10.1. The van der Waals surface area contributed by atoms with Gasteiger partial charge in [-0.2, -0.15) is 0 Å². The maximum Gasteiger partial charge on any atom is 0.0610 e. The molecule has 2 rings (SSSR count). The Kier molecular flexibility index (Phi) is 2.64. The number of nitrogen functional groups attached to an aromatic ring is 1. The summed E-state index contributed by atoms with van der Waals surface area (Å²) >= 11 is 0. The van der Waals surface area contributed by atoms with Crippen LogP contribution in [0.3, 0.4) is 0 Å². The highest BCUT2D eigenvalue weighted by Gasteiger charge is 2.04. The minimum absolute atomic E-state index is 0.152. The van der Waals surface area contributed by atoms with E-state index in [4.69, 9.17) is 10.8 Å². The Morgan fingerprint density at radius 1 is 1.40 bits per heavy atom. The molecule has 0 saturated carbocycles. The van der Waals surface area contributed by atoms with Crippen molar-refractivity contribution < 1.29 is 5.11 Å². The molecule has 1 aromatic carbocycles. The summed E-state index contributed by atoms with van der Waals surface area (Å²) in [5.74, 6) is 0. The van der Waals surface area contributed by atoms with Crippen molar-refractivity contribution in [3.63, 3.8) is 0 Å². The second kappa shape index (κ2) is 3.95. The SMILES string of the molecule is CCc1cc2ccn(CCO)c2cc1N. The minimum Gasteiger partial charge on any atom is -0.398 e. The molecule has 0 aliphatic carbocycles. The number of fused-ring (bicyclic) bond motifs is 1. The lowest BCUT2D eigenvalue weighted by Crippen LogP contribution is -2.01. The molecule has 3 heteroatoms. The first kappa shape index (κ1) is 10.1. The van der Waals surface area contributed by atoms with Gasteiger partial charge in [0.15, 0.2) is 0 Å². The molecule has 0 amide bonds. The fourth-order valence-electron chi connectivity index (χ4n) is 1.91. The number of benzene rings is 1. The number of aliphatic hydroxyl groups is 1. The van der Waals surface area contributed by atoms with E-state index in [1.165, 1.54) is 10.9 Å². The fourth-order valence-corrected chi connectivity index (χ4v) is 1.91. The molecular formula is C12H16N2O. The van der Waals surface area contributed by atoms with Crippen molar-refractivity contribution in [1.82, 2.24) is 4.57 Å². The number of rotatable bonds is 3. The lowest BCUT2D eigenvalue weighted by molar-refractivity contribution is 0.278. The molecule has 0 aliphatic rings. The van der Waals surface area contributed by atoms with Crippen LogP contribution in [0.25, 0.3) is 10.9 Å². The largest absolute Gasteiger partial charge is 0.398 e. The van der Waals surface area contributed by atoms with Crippen LogP contribution in [0.15, 0.2) is 24.4 Å². The molecule has 2 aromatic rings. The summed E-state index contributed by atoms with van der Waals surface area (Å²) in [5.41, 5.74) is 9.06. The molecule has 0 atom stereocenters. The highest BCUT2D eigenvalue weighted by atomic mass is 16.3. The molecule has 0 bridgehead atoms. The molecular weight excluding hydrogens is 188 g/mol. The summed E-state index contributed by atoms with van der Waals surface area (Å²) in [7, 11) is 0. The molecule has 1 heterocycles. The Morgan fingerprint density at radius 3 is 2.87 bits per heavy atom. The predicted molar refractivity (Wildman–Crippen MR) is 62.8 cm³/mol. The van der Waals surface area contributed by atoms with Gasteiger partial charge in [0.1, 0.15) is 0 Å². The number of hydrogen-bond acceptors (Lipinski definition) is 2. The smallest absolute Gasteiger partial charge is 0.0610 e. The van der Waals surface area contributed by atoms with Crippen LogP contribution in [-0.2, 0) is 13.0 Å². The number of nitrogens with zero attached hydrogens (tertiary/aromatic N) is 1. The van der Waals surface area contributed by atoms with Crippen LogP contribution in [0.1, 0.15) is 12.5 Å². The second-order valence-electron chi connectivity index (χ2n) is 3.70. The summed E-state index contributed by atoms with van der Waals surface area (Å²) < 4.78 is 2.02. The first-order valence-electron chi connectivity index (χ1n) is 5.24.